The van der Waals surface area contributed by atoms with Crippen molar-refractivity contribution >= 4 is 11.9 Å². The monoisotopic (exact) mass is 211 g/mol. The number of hydrogen-bond donors (Lipinski definition) is 1. The fraction of sp³-hybridized carbons (Fsp3) is 0.778. The molecule has 0 spiro atoms. The molecule has 84 valence electrons. The number of aromatic nitrogens is 3. The Bertz CT molecular complexity index is 329. The van der Waals surface area contributed by atoms with E-state index in [-0.39, 0.29) is 6.04 Å². The van der Waals surface area contributed by atoms with Crippen molar-refractivity contribution in [2.45, 2.75) is 19.9 Å². The summed E-state index contributed by atoms with van der Waals surface area (Å²) in [4.78, 5) is 6.35. The lowest BCUT2D eigenvalue weighted by atomic mass is 10.4. The second-order valence-electron chi connectivity index (χ2n) is 3.91. The average Bonchev–Trinajstić information content (AvgIpc) is 2.62. The molecule has 1 aromatic heterocycles. The smallest absolute Gasteiger partial charge is 0.246 e. The highest BCUT2D eigenvalue weighted by atomic mass is 16.5. The summed E-state index contributed by atoms with van der Waals surface area (Å²) in [7, 11) is 0. The third kappa shape index (κ3) is 2.04. The Morgan fingerprint density at radius 3 is 2.53 bits per heavy atom. The average molecular weight is 211 g/mol. The lowest BCUT2D eigenvalue weighted by Gasteiger charge is -2.25. The maximum Gasteiger partial charge on any atom is 0.246 e. The van der Waals surface area contributed by atoms with E-state index in [2.05, 4.69) is 15.0 Å². The summed E-state index contributed by atoms with van der Waals surface area (Å²) in [6, 6.07) is 0.243. The topological polar surface area (TPSA) is 69.2 Å². The van der Waals surface area contributed by atoms with Crippen LogP contribution in [0.1, 0.15) is 19.9 Å². The van der Waals surface area contributed by atoms with Gasteiger partial charge < -0.3 is 15.4 Å². The zero-order chi connectivity index (χ0) is 10.8. The van der Waals surface area contributed by atoms with Gasteiger partial charge in [-0.1, -0.05) is 0 Å². The molecule has 1 aliphatic rings. The van der Waals surface area contributed by atoms with E-state index in [1.165, 1.54) is 0 Å². The Morgan fingerprint density at radius 1 is 1.33 bits per heavy atom. The van der Waals surface area contributed by atoms with E-state index < -0.39 is 0 Å². The largest absolute Gasteiger partial charge is 0.378 e. The zero-order valence-corrected chi connectivity index (χ0v) is 9.18. The van der Waals surface area contributed by atoms with Crippen molar-refractivity contribution in [3.8, 4) is 0 Å². The SMILES string of the molecule is CC(C)n1nc(N2CCOCC2)nc1N. The molecule has 15 heavy (non-hydrogen) atoms. The van der Waals surface area contributed by atoms with Crippen molar-refractivity contribution in [2.24, 2.45) is 0 Å². The van der Waals surface area contributed by atoms with E-state index in [9.17, 15) is 0 Å². The Labute approximate surface area is 89.0 Å². The molecule has 1 saturated heterocycles. The Balaban J connectivity index is 2.17. The first kappa shape index (κ1) is 10.2. The van der Waals surface area contributed by atoms with Crippen LogP contribution in [0.4, 0.5) is 11.9 Å². The number of nitrogens with two attached hydrogens (primary N) is 1. The van der Waals surface area contributed by atoms with Gasteiger partial charge in [-0.15, -0.1) is 5.10 Å². The second-order valence-corrected chi connectivity index (χ2v) is 3.91. The normalized spacial score (nSPS) is 17.4. The van der Waals surface area contributed by atoms with Gasteiger partial charge >= 0.3 is 0 Å². The number of rotatable bonds is 2. The molecule has 0 radical (unpaired) electrons. The molecule has 1 fully saturated rings. The summed E-state index contributed by atoms with van der Waals surface area (Å²) in [5.41, 5.74) is 5.78. The van der Waals surface area contributed by atoms with E-state index in [1.807, 2.05) is 13.8 Å². The van der Waals surface area contributed by atoms with Crippen molar-refractivity contribution in [2.75, 3.05) is 36.9 Å². The first-order chi connectivity index (χ1) is 7.18. The minimum Gasteiger partial charge on any atom is -0.378 e. The minimum atomic E-state index is 0.243. The summed E-state index contributed by atoms with van der Waals surface area (Å²) in [5, 5.41) is 4.38. The fourth-order valence-electron chi connectivity index (χ4n) is 1.60. The number of nitrogen functional groups attached to an aromatic ring is 1. The molecular weight excluding hydrogens is 194 g/mol. The third-order valence-corrected chi connectivity index (χ3v) is 2.43. The van der Waals surface area contributed by atoms with Gasteiger partial charge in [0, 0.05) is 13.1 Å². The van der Waals surface area contributed by atoms with Gasteiger partial charge in [0.2, 0.25) is 11.9 Å². The van der Waals surface area contributed by atoms with E-state index in [1.54, 1.807) is 4.68 Å². The van der Waals surface area contributed by atoms with Crippen LogP contribution >= 0.6 is 0 Å². The molecule has 0 saturated carbocycles. The van der Waals surface area contributed by atoms with Gasteiger partial charge in [-0.2, -0.15) is 4.98 Å². The summed E-state index contributed by atoms with van der Waals surface area (Å²) >= 11 is 0. The van der Waals surface area contributed by atoms with Crippen LogP contribution in [-0.2, 0) is 4.74 Å². The standard InChI is InChI=1S/C9H17N5O/c1-7(2)14-8(10)11-9(12-14)13-3-5-15-6-4-13/h7H,3-6H2,1-2H3,(H2,10,11,12). The summed E-state index contributed by atoms with van der Waals surface area (Å²) < 4.78 is 7.01. The molecule has 2 N–H and O–H groups in total. The highest BCUT2D eigenvalue weighted by Gasteiger charge is 2.17. The first-order valence-corrected chi connectivity index (χ1v) is 5.23. The van der Waals surface area contributed by atoms with Crippen molar-refractivity contribution in [3.63, 3.8) is 0 Å². The maximum atomic E-state index is 5.78. The van der Waals surface area contributed by atoms with Gasteiger partial charge in [0.05, 0.1) is 19.3 Å². The molecule has 0 atom stereocenters. The number of hydrogen-bond acceptors (Lipinski definition) is 5. The highest BCUT2D eigenvalue weighted by molar-refractivity contribution is 5.35. The van der Waals surface area contributed by atoms with E-state index in [0.29, 0.717) is 11.9 Å². The Hall–Kier alpha value is -1.30. The van der Waals surface area contributed by atoms with Crippen LogP contribution in [0.3, 0.4) is 0 Å². The van der Waals surface area contributed by atoms with Crippen molar-refractivity contribution in [3.05, 3.63) is 0 Å². The van der Waals surface area contributed by atoms with Gasteiger partial charge in [0.1, 0.15) is 0 Å². The van der Waals surface area contributed by atoms with Crippen molar-refractivity contribution in [1.29, 1.82) is 0 Å². The summed E-state index contributed by atoms with van der Waals surface area (Å²) in [6.07, 6.45) is 0. The molecule has 0 amide bonds. The van der Waals surface area contributed by atoms with Crippen LogP contribution in [0.2, 0.25) is 0 Å². The molecule has 6 heteroatoms. The minimum absolute atomic E-state index is 0.243. The predicted molar refractivity (Wildman–Crippen MR) is 57.9 cm³/mol. The Morgan fingerprint density at radius 2 is 2.00 bits per heavy atom. The van der Waals surface area contributed by atoms with E-state index in [0.717, 1.165) is 26.3 Å². The highest BCUT2D eigenvalue weighted by Crippen LogP contribution is 2.16. The van der Waals surface area contributed by atoms with Gasteiger partial charge in [-0.05, 0) is 13.8 Å². The van der Waals surface area contributed by atoms with Crippen LogP contribution in [-0.4, -0.2) is 41.1 Å². The van der Waals surface area contributed by atoms with Crippen molar-refractivity contribution in [1.82, 2.24) is 14.8 Å². The molecule has 2 rings (SSSR count). The molecule has 1 aliphatic heterocycles. The van der Waals surface area contributed by atoms with Gasteiger partial charge in [-0.3, -0.25) is 0 Å². The summed E-state index contributed by atoms with van der Waals surface area (Å²) in [6.45, 7) is 7.21. The fourth-order valence-corrected chi connectivity index (χ4v) is 1.60. The zero-order valence-electron chi connectivity index (χ0n) is 9.18. The van der Waals surface area contributed by atoms with Gasteiger partial charge in [0.25, 0.3) is 0 Å². The molecule has 2 heterocycles. The van der Waals surface area contributed by atoms with E-state index in [4.69, 9.17) is 10.5 Å². The number of anilines is 2. The van der Waals surface area contributed by atoms with Crippen molar-refractivity contribution < 1.29 is 4.74 Å². The first-order valence-electron chi connectivity index (χ1n) is 5.23. The van der Waals surface area contributed by atoms with Crippen LogP contribution in [0.5, 0.6) is 0 Å². The quantitative estimate of drug-likeness (QED) is 0.760. The number of nitrogens with zero attached hydrogens (tertiary/aromatic N) is 4. The number of ether oxygens (including phenoxy) is 1. The lowest BCUT2D eigenvalue weighted by molar-refractivity contribution is 0.122. The predicted octanol–water partition coefficient (Wildman–Crippen LogP) is 0.278. The van der Waals surface area contributed by atoms with Crippen LogP contribution in [0.15, 0.2) is 0 Å². The molecular formula is C9H17N5O. The lowest BCUT2D eigenvalue weighted by Crippen LogP contribution is -2.37. The van der Waals surface area contributed by atoms with Gasteiger partial charge in [-0.25, -0.2) is 4.68 Å². The molecule has 0 aromatic carbocycles. The molecule has 0 bridgehead atoms. The Kier molecular flexibility index (Phi) is 2.77. The second kappa shape index (κ2) is 4.06. The summed E-state index contributed by atoms with van der Waals surface area (Å²) in [5.74, 6) is 1.19. The van der Waals surface area contributed by atoms with Gasteiger partial charge in [0.15, 0.2) is 0 Å². The van der Waals surface area contributed by atoms with E-state index >= 15 is 0 Å². The van der Waals surface area contributed by atoms with Crippen LogP contribution in [0, 0.1) is 0 Å². The molecule has 0 aliphatic carbocycles. The molecule has 6 nitrogen and oxygen atoms in total. The van der Waals surface area contributed by atoms with Crippen LogP contribution in [0.25, 0.3) is 0 Å². The third-order valence-electron chi connectivity index (χ3n) is 2.43. The van der Waals surface area contributed by atoms with Crippen LogP contribution < -0.4 is 10.6 Å². The molecule has 1 aromatic rings. The number of morpholine rings is 1. The molecule has 0 unspecified atom stereocenters. The maximum absolute atomic E-state index is 5.78.